The number of hydrogen-bond acceptors (Lipinski definition) is 3. The van der Waals surface area contributed by atoms with Crippen LogP contribution in [0.4, 0.5) is 0 Å². The molecule has 2 heterocycles. The van der Waals surface area contributed by atoms with E-state index in [0.717, 1.165) is 29.0 Å². The summed E-state index contributed by atoms with van der Waals surface area (Å²) in [5.41, 5.74) is 2.15. The minimum Gasteiger partial charge on any atom is -0.467 e. The lowest BCUT2D eigenvalue weighted by molar-refractivity contribution is 0.404. The molecule has 0 bridgehead atoms. The molecule has 3 rings (SSSR count). The molecule has 0 spiro atoms. The Hall–Kier alpha value is -2.00. The monoisotopic (exact) mass is 255 g/mol. The van der Waals surface area contributed by atoms with Crippen LogP contribution < -0.4 is 5.32 Å². The molecule has 19 heavy (non-hydrogen) atoms. The topological polar surface area (TPSA) is 38.3 Å². The van der Waals surface area contributed by atoms with Crippen LogP contribution in [0.5, 0.6) is 0 Å². The summed E-state index contributed by atoms with van der Waals surface area (Å²) in [6, 6.07) is 12.1. The standard InChI is InChI=1S/C16H17NO2/c1-3-17-16(14-5-4-8-18-14)15-10-12-9-11(2)6-7-13(12)19-15/h4-10,16-17H,3H2,1-2H3. The first-order chi connectivity index (χ1) is 9.28. The predicted molar refractivity (Wildman–Crippen MR) is 75.2 cm³/mol. The normalized spacial score (nSPS) is 12.9. The van der Waals surface area contributed by atoms with Gasteiger partial charge in [-0.15, -0.1) is 0 Å². The molecule has 0 amide bonds. The minimum absolute atomic E-state index is 0.0345. The summed E-state index contributed by atoms with van der Waals surface area (Å²) in [6.07, 6.45) is 1.69. The number of fused-ring (bicyclic) bond motifs is 1. The van der Waals surface area contributed by atoms with Crippen molar-refractivity contribution in [1.29, 1.82) is 0 Å². The van der Waals surface area contributed by atoms with Crippen molar-refractivity contribution in [3.8, 4) is 0 Å². The minimum atomic E-state index is -0.0345. The van der Waals surface area contributed by atoms with Crippen LogP contribution in [0.25, 0.3) is 11.0 Å². The molecule has 0 saturated carbocycles. The van der Waals surface area contributed by atoms with Gasteiger partial charge in [0.2, 0.25) is 0 Å². The molecule has 1 unspecified atom stereocenters. The molecule has 0 aliphatic heterocycles. The number of rotatable bonds is 4. The molecule has 3 aromatic rings. The molecule has 0 saturated heterocycles. The lowest BCUT2D eigenvalue weighted by Gasteiger charge is -2.12. The molecule has 1 N–H and O–H groups in total. The van der Waals surface area contributed by atoms with Gasteiger partial charge in [-0.2, -0.15) is 0 Å². The second-order valence-electron chi connectivity index (χ2n) is 4.70. The second kappa shape index (κ2) is 4.94. The van der Waals surface area contributed by atoms with Crippen LogP contribution in [0.2, 0.25) is 0 Å². The van der Waals surface area contributed by atoms with E-state index < -0.39 is 0 Å². The van der Waals surface area contributed by atoms with Crippen LogP contribution >= 0.6 is 0 Å². The average molecular weight is 255 g/mol. The van der Waals surface area contributed by atoms with Crippen LogP contribution in [-0.4, -0.2) is 6.54 Å². The number of aryl methyl sites for hydroxylation is 1. The van der Waals surface area contributed by atoms with Crippen molar-refractivity contribution < 1.29 is 8.83 Å². The summed E-state index contributed by atoms with van der Waals surface area (Å²) in [6.45, 7) is 5.00. The number of nitrogens with one attached hydrogen (secondary N) is 1. The molecule has 1 atom stereocenters. The third kappa shape index (κ3) is 2.29. The third-order valence-corrected chi connectivity index (χ3v) is 3.21. The number of benzene rings is 1. The Morgan fingerprint density at radius 3 is 2.79 bits per heavy atom. The molecule has 0 aliphatic rings. The van der Waals surface area contributed by atoms with Gasteiger partial charge >= 0.3 is 0 Å². The summed E-state index contributed by atoms with van der Waals surface area (Å²) >= 11 is 0. The summed E-state index contributed by atoms with van der Waals surface area (Å²) in [4.78, 5) is 0. The van der Waals surface area contributed by atoms with Crippen LogP contribution in [0.1, 0.15) is 30.0 Å². The molecule has 0 aliphatic carbocycles. The lowest BCUT2D eigenvalue weighted by Crippen LogP contribution is -2.20. The summed E-state index contributed by atoms with van der Waals surface area (Å²) in [5, 5.41) is 4.52. The molecule has 1 aromatic carbocycles. The van der Waals surface area contributed by atoms with Gasteiger partial charge < -0.3 is 14.2 Å². The third-order valence-electron chi connectivity index (χ3n) is 3.21. The highest BCUT2D eigenvalue weighted by molar-refractivity contribution is 5.78. The van der Waals surface area contributed by atoms with Gasteiger partial charge in [0.25, 0.3) is 0 Å². The zero-order valence-electron chi connectivity index (χ0n) is 11.1. The van der Waals surface area contributed by atoms with Gasteiger partial charge in [0.1, 0.15) is 23.1 Å². The SMILES string of the molecule is CCNC(c1ccco1)c1cc2cc(C)ccc2o1. The van der Waals surface area contributed by atoms with Gasteiger partial charge in [-0.1, -0.05) is 18.6 Å². The smallest absolute Gasteiger partial charge is 0.134 e. The second-order valence-corrected chi connectivity index (χ2v) is 4.70. The summed E-state index contributed by atoms with van der Waals surface area (Å²) < 4.78 is 11.4. The van der Waals surface area contributed by atoms with E-state index in [0.29, 0.717) is 0 Å². The first-order valence-corrected chi connectivity index (χ1v) is 6.55. The lowest BCUT2D eigenvalue weighted by atomic mass is 10.1. The molecular formula is C16H17NO2. The quantitative estimate of drug-likeness (QED) is 0.764. The van der Waals surface area contributed by atoms with Gasteiger partial charge in [0.05, 0.1) is 6.26 Å². The zero-order valence-corrected chi connectivity index (χ0v) is 11.1. The molecule has 3 nitrogen and oxygen atoms in total. The van der Waals surface area contributed by atoms with E-state index in [1.807, 2.05) is 18.2 Å². The Bertz CT molecular complexity index is 667. The fourth-order valence-electron chi connectivity index (χ4n) is 2.33. The van der Waals surface area contributed by atoms with E-state index in [9.17, 15) is 0 Å². The zero-order chi connectivity index (χ0) is 13.2. The Kier molecular flexibility index (Phi) is 3.13. The van der Waals surface area contributed by atoms with Gasteiger partial charge in [-0.3, -0.25) is 0 Å². The Balaban J connectivity index is 2.05. The van der Waals surface area contributed by atoms with Crippen molar-refractivity contribution >= 4 is 11.0 Å². The van der Waals surface area contributed by atoms with Crippen LogP contribution in [-0.2, 0) is 0 Å². The summed E-state index contributed by atoms with van der Waals surface area (Å²) in [7, 11) is 0. The maximum atomic E-state index is 5.94. The van der Waals surface area contributed by atoms with Crippen molar-refractivity contribution in [2.24, 2.45) is 0 Å². The Morgan fingerprint density at radius 1 is 1.16 bits per heavy atom. The van der Waals surface area contributed by atoms with Crippen LogP contribution in [0, 0.1) is 6.92 Å². The predicted octanol–water partition coefficient (Wildman–Crippen LogP) is 4.03. The first-order valence-electron chi connectivity index (χ1n) is 6.55. The molecule has 0 fully saturated rings. The van der Waals surface area contributed by atoms with Gasteiger partial charge in [0, 0.05) is 5.39 Å². The summed E-state index contributed by atoms with van der Waals surface area (Å²) in [5.74, 6) is 1.76. The van der Waals surface area contributed by atoms with E-state index in [-0.39, 0.29) is 6.04 Å². The van der Waals surface area contributed by atoms with Crippen LogP contribution in [0.15, 0.2) is 51.5 Å². The maximum Gasteiger partial charge on any atom is 0.134 e. The molecule has 2 aromatic heterocycles. The number of furan rings is 2. The van der Waals surface area contributed by atoms with E-state index in [1.54, 1.807) is 6.26 Å². The van der Waals surface area contributed by atoms with Crippen molar-refractivity contribution in [3.05, 3.63) is 59.7 Å². The maximum absolute atomic E-state index is 5.94. The molecule has 98 valence electrons. The Labute approximate surface area is 112 Å². The highest BCUT2D eigenvalue weighted by Crippen LogP contribution is 2.29. The van der Waals surface area contributed by atoms with E-state index in [1.165, 1.54) is 5.56 Å². The fraction of sp³-hybridized carbons (Fsp3) is 0.250. The van der Waals surface area contributed by atoms with Crippen molar-refractivity contribution in [3.63, 3.8) is 0 Å². The molecular weight excluding hydrogens is 238 g/mol. The highest BCUT2D eigenvalue weighted by Gasteiger charge is 2.19. The van der Waals surface area contributed by atoms with Gasteiger partial charge in [-0.25, -0.2) is 0 Å². The highest BCUT2D eigenvalue weighted by atomic mass is 16.4. The van der Waals surface area contributed by atoms with Crippen molar-refractivity contribution in [2.75, 3.05) is 6.54 Å². The van der Waals surface area contributed by atoms with Crippen molar-refractivity contribution in [2.45, 2.75) is 19.9 Å². The molecule has 0 radical (unpaired) electrons. The largest absolute Gasteiger partial charge is 0.467 e. The van der Waals surface area contributed by atoms with E-state index >= 15 is 0 Å². The molecule has 3 heteroatoms. The van der Waals surface area contributed by atoms with E-state index in [2.05, 4.69) is 37.4 Å². The Morgan fingerprint density at radius 2 is 2.05 bits per heavy atom. The first kappa shape index (κ1) is 12.1. The van der Waals surface area contributed by atoms with Crippen LogP contribution in [0.3, 0.4) is 0 Å². The van der Waals surface area contributed by atoms with Gasteiger partial charge in [-0.05, 0) is 43.8 Å². The van der Waals surface area contributed by atoms with E-state index in [4.69, 9.17) is 8.83 Å². The van der Waals surface area contributed by atoms with Crippen molar-refractivity contribution in [1.82, 2.24) is 5.32 Å². The number of hydrogen-bond donors (Lipinski definition) is 1. The average Bonchev–Trinajstić information content (AvgIpc) is 3.04. The fourth-order valence-corrected chi connectivity index (χ4v) is 2.33. The van der Waals surface area contributed by atoms with Gasteiger partial charge in [0.15, 0.2) is 0 Å².